The van der Waals surface area contributed by atoms with Crippen LogP contribution in [0.4, 0.5) is 10.1 Å². The highest BCUT2D eigenvalue weighted by molar-refractivity contribution is 5.99. The van der Waals surface area contributed by atoms with Gasteiger partial charge in [-0.15, -0.1) is 0 Å². The van der Waals surface area contributed by atoms with Crippen LogP contribution >= 0.6 is 0 Å². The van der Waals surface area contributed by atoms with E-state index >= 15 is 0 Å². The Labute approximate surface area is 193 Å². The topological polar surface area (TPSA) is 60.9 Å². The van der Waals surface area contributed by atoms with Gasteiger partial charge in [-0.25, -0.2) is 4.39 Å². The molecule has 3 aliphatic heterocycles. The normalized spacial score (nSPS) is 23.1. The molecule has 172 valence electrons. The second-order valence-corrected chi connectivity index (χ2v) is 9.25. The van der Waals surface area contributed by atoms with Crippen LogP contribution in [0, 0.1) is 11.7 Å². The summed E-state index contributed by atoms with van der Waals surface area (Å²) in [5, 5.41) is 0. The molecule has 3 aliphatic rings. The summed E-state index contributed by atoms with van der Waals surface area (Å²) in [5.41, 5.74) is 2.30. The Morgan fingerprint density at radius 3 is 2.55 bits per heavy atom. The van der Waals surface area contributed by atoms with Crippen LogP contribution in [0.5, 0.6) is 0 Å². The molecule has 3 heterocycles. The molecule has 0 N–H and O–H groups in total. The number of piperidine rings is 2. The van der Waals surface area contributed by atoms with Gasteiger partial charge >= 0.3 is 0 Å². The number of amides is 3. The number of hydrogen-bond donors (Lipinski definition) is 0. The lowest BCUT2D eigenvalue weighted by Crippen LogP contribution is -2.56. The Bertz CT molecular complexity index is 1070. The number of carbonyl (C=O) groups is 3. The fourth-order valence-corrected chi connectivity index (χ4v) is 5.44. The molecular formula is C26H28FN3O3. The summed E-state index contributed by atoms with van der Waals surface area (Å²) in [6.45, 7) is 2.37. The number of carbonyl (C=O) groups excluding carboxylic acids is 3. The van der Waals surface area contributed by atoms with Gasteiger partial charge in [0.05, 0.1) is 0 Å². The number of hydrogen-bond acceptors (Lipinski definition) is 3. The molecular weight excluding hydrogens is 421 g/mol. The monoisotopic (exact) mass is 449 g/mol. The zero-order valence-electron chi connectivity index (χ0n) is 18.6. The van der Waals surface area contributed by atoms with E-state index in [1.54, 1.807) is 17.0 Å². The van der Waals surface area contributed by atoms with E-state index in [-0.39, 0.29) is 35.5 Å². The zero-order valence-corrected chi connectivity index (χ0v) is 18.6. The first kappa shape index (κ1) is 21.6. The van der Waals surface area contributed by atoms with Gasteiger partial charge < -0.3 is 14.7 Å². The molecule has 0 aliphatic carbocycles. The van der Waals surface area contributed by atoms with E-state index in [4.69, 9.17) is 0 Å². The van der Waals surface area contributed by atoms with Crippen LogP contribution in [0.2, 0.25) is 0 Å². The SMILES string of the molecule is O=C(c1cccc(N2CCCC2=O)c1)N1CC[C@H]2[C@H](CCC(=O)N2Cc2ccc(F)cc2)C1. The minimum atomic E-state index is -0.286. The minimum absolute atomic E-state index is 0.0241. The van der Waals surface area contributed by atoms with Gasteiger partial charge in [-0.3, -0.25) is 14.4 Å². The molecule has 6 nitrogen and oxygen atoms in total. The largest absolute Gasteiger partial charge is 0.338 e. The van der Waals surface area contributed by atoms with Crippen molar-refractivity contribution in [2.75, 3.05) is 24.5 Å². The van der Waals surface area contributed by atoms with E-state index < -0.39 is 0 Å². The van der Waals surface area contributed by atoms with Crippen LogP contribution in [0.15, 0.2) is 48.5 Å². The quantitative estimate of drug-likeness (QED) is 0.717. The molecule has 0 unspecified atom stereocenters. The van der Waals surface area contributed by atoms with Gasteiger partial charge in [-0.2, -0.15) is 0 Å². The van der Waals surface area contributed by atoms with Gasteiger partial charge in [0.2, 0.25) is 11.8 Å². The van der Waals surface area contributed by atoms with Crippen molar-refractivity contribution in [2.45, 2.75) is 44.7 Å². The molecule has 2 aromatic rings. The third-order valence-corrected chi connectivity index (χ3v) is 7.18. The zero-order chi connectivity index (χ0) is 22.9. The van der Waals surface area contributed by atoms with E-state index in [2.05, 4.69) is 0 Å². The molecule has 0 radical (unpaired) electrons. The maximum absolute atomic E-state index is 13.3. The number of fused-ring (bicyclic) bond motifs is 1. The predicted octanol–water partition coefficient (Wildman–Crippen LogP) is 3.61. The van der Waals surface area contributed by atoms with Crippen LogP contribution in [0.1, 0.15) is 48.0 Å². The molecule has 2 atom stereocenters. The van der Waals surface area contributed by atoms with Gasteiger partial charge in [0, 0.05) is 56.3 Å². The average Bonchev–Trinajstić information content (AvgIpc) is 3.27. The van der Waals surface area contributed by atoms with E-state index in [1.807, 2.05) is 34.1 Å². The van der Waals surface area contributed by atoms with E-state index in [1.165, 1.54) is 12.1 Å². The van der Waals surface area contributed by atoms with Crippen molar-refractivity contribution in [2.24, 2.45) is 5.92 Å². The summed E-state index contributed by atoms with van der Waals surface area (Å²) >= 11 is 0. The van der Waals surface area contributed by atoms with Crippen molar-refractivity contribution >= 4 is 23.4 Å². The fourth-order valence-electron chi connectivity index (χ4n) is 5.44. The van der Waals surface area contributed by atoms with Crippen LogP contribution < -0.4 is 4.90 Å². The van der Waals surface area contributed by atoms with Crippen LogP contribution in [0.25, 0.3) is 0 Å². The van der Waals surface area contributed by atoms with Crippen molar-refractivity contribution in [3.63, 3.8) is 0 Å². The number of rotatable bonds is 4. The van der Waals surface area contributed by atoms with Gasteiger partial charge in [-0.05, 0) is 61.1 Å². The summed E-state index contributed by atoms with van der Waals surface area (Å²) in [6.07, 6.45) is 3.37. The molecule has 33 heavy (non-hydrogen) atoms. The van der Waals surface area contributed by atoms with Crippen molar-refractivity contribution < 1.29 is 18.8 Å². The van der Waals surface area contributed by atoms with Crippen molar-refractivity contribution in [1.29, 1.82) is 0 Å². The van der Waals surface area contributed by atoms with Crippen molar-refractivity contribution in [3.8, 4) is 0 Å². The van der Waals surface area contributed by atoms with Crippen LogP contribution in [-0.2, 0) is 16.1 Å². The van der Waals surface area contributed by atoms with E-state index in [0.29, 0.717) is 44.6 Å². The number of halogens is 1. The maximum Gasteiger partial charge on any atom is 0.253 e. The first-order valence-electron chi connectivity index (χ1n) is 11.7. The minimum Gasteiger partial charge on any atom is -0.338 e. The molecule has 2 aromatic carbocycles. The Balaban J connectivity index is 1.28. The highest BCUT2D eigenvalue weighted by Gasteiger charge is 2.40. The molecule has 0 aromatic heterocycles. The van der Waals surface area contributed by atoms with Crippen molar-refractivity contribution in [3.05, 3.63) is 65.5 Å². The average molecular weight is 450 g/mol. The highest BCUT2D eigenvalue weighted by Crippen LogP contribution is 2.33. The predicted molar refractivity (Wildman–Crippen MR) is 122 cm³/mol. The van der Waals surface area contributed by atoms with E-state index in [9.17, 15) is 18.8 Å². The van der Waals surface area contributed by atoms with Gasteiger partial charge in [0.1, 0.15) is 5.82 Å². The lowest BCUT2D eigenvalue weighted by atomic mass is 9.83. The van der Waals surface area contributed by atoms with Crippen LogP contribution in [0.3, 0.4) is 0 Å². The number of nitrogens with zero attached hydrogens (tertiary/aromatic N) is 3. The third-order valence-electron chi connectivity index (χ3n) is 7.18. The third kappa shape index (κ3) is 4.36. The number of anilines is 1. The van der Waals surface area contributed by atoms with Gasteiger partial charge in [0.15, 0.2) is 0 Å². The second-order valence-electron chi connectivity index (χ2n) is 9.25. The summed E-state index contributed by atoms with van der Waals surface area (Å²) in [7, 11) is 0. The van der Waals surface area contributed by atoms with Crippen LogP contribution in [-0.4, -0.2) is 53.2 Å². The Hall–Kier alpha value is -3.22. The summed E-state index contributed by atoms with van der Waals surface area (Å²) in [5.74, 6) is 0.150. The molecule has 0 spiro atoms. The lowest BCUT2D eigenvalue weighted by molar-refractivity contribution is -0.141. The molecule has 5 rings (SSSR count). The summed E-state index contributed by atoms with van der Waals surface area (Å²) in [6, 6.07) is 13.7. The lowest BCUT2D eigenvalue weighted by Gasteiger charge is -2.47. The number of benzene rings is 2. The first-order valence-corrected chi connectivity index (χ1v) is 11.7. The molecule has 0 bridgehead atoms. The highest BCUT2D eigenvalue weighted by atomic mass is 19.1. The van der Waals surface area contributed by atoms with Gasteiger partial charge in [-0.1, -0.05) is 18.2 Å². The van der Waals surface area contributed by atoms with Crippen molar-refractivity contribution in [1.82, 2.24) is 9.80 Å². The maximum atomic E-state index is 13.3. The Morgan fingerprint density at radius 1 is 0.970 bits per heavy atom. The molecule has 0 saturated carbocycles. The standard InChI is InChI=1S/C26H28FN3O3/c27-21-9-6-18(7-10-21)16-30-23-12-14-28(17-20(23)8-11-25(30)32)26(33)19-3-1-4-22(15-19)29-13-2-5-24(29)31/h1,3-4,6-7,9-10,15,20,23H,2,5,8,11-14,16-17H2/t20-,23+/m1/s1. The fraction of sp³-hybridized carbons (Fsp3) is 0.423. The Morgan fingerprint density at radius 2 is 1.79 bits per heavy atom. The van der Waals surface area contributed by atoms with Gasteiger partial charge in [0.25, 0.3) is 5.91 Å². The summed E-state index contributed by atoms with van der Waals surface area (Å²) in [4.78, 5) is 43.6. The smallest absolute Gasteiger partial charge is 0.253 e. The number of likely N-dealkylation sites (tertiary alicyclic amines) is 2. The second kappa shape index (κ2) is 8.96. The molecule has 3 fully saturated rings. The molecule has 3 saturated heterocycles. The summed E-state index contributed by atoms with van der Waals surface area (Å²) < 4.78 is 13.3. The molecule has 7 heteroatoms. The first-order chi connectivity index (χ1) is 16.0. The van der Waals surface area contributed by atoms with E-state index in [0.717, 1.165) is 30.5 Å². The Kier molecular flexibility index (Phi) is 5.87. The molecule has 3 amide bonds.